The van der Waals surface area contributed by atoms with E-state index in [1.54, 1.807) is 24.3 Å². The Balaban J connectivity index is 1.77. The summed E-state index contributed by atoms with van der Waals surface area (Å²) in [6.45, 7) is 0.564. The fourth-order valence-electron chi connectivity index (χ4n) is 1.95. The van der Waals surface area contributed by atoms with E-state index in [2.05, 4.69) is 0 Å². The van der Waals surface area contributed by atoms with Crippen LogP contribution in [0.5, 0.6) is 11.5 Å². The highest BCUT2D eigenvalue weighted by atomic mass is 19.4. The summed E-state index contributed by atoms with van der Waals surface area (Å²) in [4.78, 5) is 0. The van der Waals surface area contributed by atoms with Gasteiger partial charge in [0.15, 0.2) is 0 Å². The summed E-state index contributed by atoms with van der Waals surface area (Å²) in [6, 6.07) is 11.6. The van der Waals surface area contributed by atoms with Gasteiger partial charge in [0.25, 0.3) is 0 Å². The molecule has 0 radical (unpaired) electrons. The van der Waals surface area contributed by atoms with Crippen molar-refractivity contribution in [3.63, 3.8) is 0 Å². The van der Waals surface area contributed by atoms with E-state index in [1.807, 2.05) is 0 Å². The Labute approximate surface area is 137 Å². The maximum absolute atomic E-state index is 12.6. The summed E-state index contributed by atoms with van der Waals surface area (Å²) in [5.74, 6) is 0.693. The second-order valence-corrected chi connectivity index (χ2v) is 5.02. The Kier molecular flexibility index (Phi) is 5.68. The largest absolute Gasteiger partial charge is 0.493 e. The van der Waals surface area contributed by atoms with Gasteiger partial charge in [-0.3, -0.25) is 5.41 Å². The number of rotatable bonds is 7. The molecule has 2 rings (SSSR count). The number of nitrogens with one attached hydrogen (secondary N) is 1. The number of hydrogen-bond acceptors (Lipinski definition) is 3. The van der Waals surface area contributed by atoms with E-state index >= 15 is 0 Å². The molecule has 7 heteroatoms. The lowest BCUT2D eigenvalue weighted by Crippen LogP contribution is -2.11. The predicted octanol–water partition coefficient (Wildman–Crippen LogP) is 3.84. The molecule has 24 heavy (non-hydrogen) atoms. The van der Waals surface area contributed by atoms with Gasteiger partial charge in [0, 0.05) is 12.0 Å². The van der Waals surface area contributed by atoms with E-state index in [-0.39, 0.29) is 18.2 Å². The lowest BCUT2D eigenvalue weighted by atomic mass is 10.2. The molecule has 3 N–H and O–H groups in total. The molecule has 0 aromatic heterocycles. The molecule has 0 bridgehead atoms. The zero-order valence-corrected chi connectivity index (χ0v) is 12.8. The van der Waals surface area contributed by atoms with Crippen LogP contribution in [0.15, 0.2) is 48.5 Å². The van der Waals surface area contributed by atoms with Crippen LogP contribution in [0.2, 0.25) is 0 Å². The van der Waals surface area contributed by atoms with Crippen LogP contribution in [0, 0.1) is 5.41 Å². The Morgan fingerprint density at radius 3 is 2.12 bits per heavy atom. The minimum absolute atomic E-state index is 0.0478. The first-order valence-electron chi connectivity index (χ1n) is 7.23. The number of ether oxygens (including phenoxy) is 2. The van der Waals surface area contributed by atoms with Gasteiger partial charge >= 0.3 is 6.18 Å². The molecule has 0 spiro atoms. The van der Waals surface area contributed by atoms with Crippen LogP contribution in [-0.2, 0) is 6.18 Å². The van der Waals surface area contributed by atoms with Gasteiger partial charge < -0.3 is 15.2 Å². The van der Waals surface area contributed by atoms with E-state index in [9.17, 15) is 13.2 Å². The van der Waals surface area contributed by atoms with Gasteiger partial charge in [0.2, 0.25) is 0 Å². The lowest BCUT2D eigenvalue weighted by molar-refractivity contribution is -0.137. The number of nitrogen functional groups attached to an aromatic ring is 1. The topological polar surface area (TPSA) is 68.3 Å². The Morgan fingerprint density at radius 2 is 1.54 bits per heavy atom. The molecule has 128 valence electrons. The summed E-state index contributed by atoms with van der Waals surface area (Å²) in [6.07, 6.45) is -3.88. The number of nitrogens with two attached hydrogens (primary N) is 1. The van der Waals surface area contributed by atoms with Crippen molar-refractivity contribution in [2.75, 3.05) is 13.2 Å². The molecular formula is C17H17F3N2O2. The third-order valence-corrected chi connectivity index (χ3v) is 3.13. The van der Waals surface area contributed by atoms with Crippen molar-refractivity contribution >= 4 is 5.84 Å². The number of amidine groups is 1. The molecule has 2 aromatic carbocycles. The van der Waals surface area contributed by atoms with E-state index in [0.717, 1.165) is 12.1 Å². The maximum atomic E-state index is 12.6. The first-order valence-corrected chi connectivity index (χ1v) is 7.23. The summed E-state index contributed by atoms with van der Waals surface area (Å²) in [5, 5.41) is 7.35. The SMILES string of the molecule is N=C(N)c1cccc(OCCCOc2cccc(C(F)(F)F)c2)c1. The molecule has 0 unspecified atom stereocenters. The molecule has 0 aliphatic carbocycles. The third-order valence-electron chi connectivity index (χ3n) is 3.13. The molecule has 0 fully saturated rings. The normalized spacial score (nSPS) is 11.1. The van der Waals surface area contributed by atoms with Gasteiger partial charge in [0.05, 0.1) is 18.8 Å². The Hall–Kier alpha value is -2.70. The van der Waals surface area contributed by atoms with E-state index < -0.39 is 11.7 Å². The van der Waals surface area contributed by atoms with Crippen molar-refractivity contribution < 1.29 is 22.6 Å². The standard InChI is InChI=1S/C17H17F3N2O2/c18-17(19,20)13-5-2-7-15(11-13)24-9-3-8-23-14-6-1-4-12(10-14)16(21)22/h1-2,4-7,10-11H,3,8-9H2,(H3,21,22). The van der Waals surface area contributed by atoms with Crippen molar-refractivity contribution in [2.24, 2.45) is 5.73 Å². The second-order valence-electron chi connectivity index (χ2n) is 5.02. The fraction of sp³-hybridized carbons (Fsp3) is 0.235. The molecule has 0 amide bonds. The van der Waals surface area contributed by atoms with Crippen molar-refractivity contribution in [3.8, 4) is 11.5 Å². The summed E-state index contributed by atoms with van der Waals surface area (Å²) in [7, 11) is 0. The lowest BCUT2D eigenvalue weighted by Gasteiger charge is -2.11. The molecule has 2 aromatic rings. The van der Waals surface area contributed by atoms with Crippen LogP contribution >= 0.6 is 0 Å². The molecule has 0 saturated heterocycles. The average Bonchev–Trinajstić information content (AvgIpc) is 2.54. The quantitative estimate of drug-likeness (QED) is 0.458. The monoisotopic (exact) mass is 338 g/mol. The molecule has 0 heterocycles. The van der Waals surface area contributed by atoms with Crippen LogP contribution in [-0.4, -0.2) is 19.0 Å². The van der Waals surface area contributed by atoms with Crippen molar-refractivity contribution in [1.82, 2.24) is 0 Å². The highest BCUT2D eigenvalue weighted by Crippen LogP contribution is 2.31. The van der Waals surface area contributed by atoms with Gasteiger partial charge in [-0.25, -0.2) is 0 Å². The fourth-order valence-corrected chi connectivity index (χ4v) is 1.95. The third kappa shape index (κ3) is 5.19. The second kappa shape index (κ2) is 7.72. The summed E-state index contributed by atoms with van der Waals surface area (Å²) in [5.41, 5.74) is 5.22. The highest BCUT2D eigenvalue weighted by molar-refractivity contribution is 5.95. The smallest absolute Gasteiger partial charge is 0.416 e. The van der Waals surface area contributed by atoms with Gasteiger partial charge in [-0.05, 0) is 30.3 Å². The van der Waals surface area contributed by atoms with Gasteiger partial charge in [-0.15, -0.1) is 0 Å². The van der Waals surface area contributed by atoms with Crippen LogP contribution < -0.4 is 15.2 Å². The zero-order valence-electron chi connectivity index (χ0n) is 12.8. The number of hydrogen-bond donors (Lipinski definition) is 2. The Morgan fingerprint density at radius 1 is 0.958 bits per heavy atom. The van der Waals surface area contributed by atoms with Gasteiger partial charge in [-0.2, -0.15) is 13.2 Å². The van der Waals surface area contributed by atoms with Crippen LogP contribution in [0.1, 0.15) is 17.5 Å². The van der Waals surface area contributed by atoms with Crippen molar-refractivity contribution in [2.45, 2.75) is 12.6 Å². The molecule has 0 aliphatic heterocycles. The molecule has 0 atom stereocenters. The molecular weight excluding hydrogens is 321 g/mol. The van der Waals surface area contributed by atoms with Crippen LogP contribution in [0.4, 0.5) is 13.2 Å². The molecule has 0 saturated carbocycles. The number of halogens is 3. The predicted molar refractivity (Wildman–Crippen MR) is 84.5 cm³/mol. The Bertz CT molecular complexity index is 702. The van der Waals surface area contributed by atoms with Crippen LogP contribution in [0.3, 0.4) is 0 Å². The van der Waals surface area contributed by atoms with Gasteiger partial charge in [-0.1, -0.05) is 18.2 Å². The summed E-state index contributed by atoms with van der Waals surface area (Å²) < 4.78 is 48.6. The minimum Gasteiger partial charge on any atom is -0.493 e. The van der Waals surface area contributed by atoms with E-state index in [0.29, 0.717) is 24.3 Å². The van der Waals surface area contributed by atoms with Crippen LogP contribution in [0.25, 0.3) is 0 Å². The highest BCUT2D eigenvalue weighted by Gasteiger charge is 2.30. The van der Waals surface area contributed by atoms with Crippen molar-refractivity contribution in [3.05, 3.63) is 59.7 Å². The number of benzene rings is 2. The van der Waals surface area contributed by atoms with E-state index in [1.165, 1.54) is 12.1 Å². The first kappa shape index (κ1) is 17.7. The molecule has 4 nitrogen and oxygen atoms in total. The summed E-state index contributed by atoms with van der Waals surface area (Å²) >= 11 is 0. The first-order chi connectivity index (χ1) is 11.4. The van der Waals surface area contributed by atoms with Crippen molar-refractivity contribution in [1.29, 1.82) is 5.41 Å². The van der Waals surface area contributed by atoms with E-state index in [4.69, 9.17) is 20.6 Å². The maximum Gasteiger partial charge on any atom is 0.416 e. The van der Waals surface area contributed by atoms with Gasteiger partial charge in [0.1, 0.15) is 17.3 Å². The average molecular weight is 338 g/mol. The minimum atomic E-state index is -4.38. The number of alkyl halides is 3. The zero-order chi connectivity index (χ0) is 17.6. The molecule has 0 aliphatic rings.